The third-order valence-electron chi connectivity index (χ3n) is 3.87. The number of carbonyl (C=O) groups is 1. The third-order valence-corrected chi connectivity index (χ3v) is 3.87. The Morgan fingerprint density at radius 1 is 1.50 bits per heavy atom. The fourth-order valence-corrected chi connectivity index (χ4v) is 2.60. The highest BCUT2D eigenvalue weighted by Gasteiger charge is 2.26. The van der Waals surface area contributed by atoms with Crippen molar-refractivity contribution in [2.75, 3.05) is 14.2 Å². The van der Waals surface area contributed by atoms with Gasteiger partial charge in [0.25, 0.3) is 0 Å². The first-order chi connectivity index (χ1) is 7.54. The second-order valence-corrected chi connectivity index (χ2v) is 5.22. The smallest absolute Gasteiger partial charge is 0.307 e. The molecule has 94 valence electrons. The fourth-order valence-electron chi connectivity index (χ4n) is 2.60. The van der Waals surface area contributed by atoms with E-state index in [0.29, 0.717) is 12.5 Å². The molecule has 0 N–H and O–H groups in total. The van der Waals surface area contributed by atoms with Gasteiger partial charge in [-0.1, -0.05) is 19.8 Å². The molecule has 0 aromatic carbocycles. The number of hydrogen-bond donors (Lipinski definition) is 0. The summed E-state index contributed by atoms with van der Waals surface area (Å²) in [6.45, 7) is 4.43. The van der Waals surface area contributed by atoms with Crippen LogP contribution in [0.1, 0.15) is 46.0 Å². The lowest BCUT2D eigenvalue weighted by molar-refractivity contribution is -0.142. The van der Waals surface area contributed by atoms with Crippen LogP contribution in [0.4, 0.5) is 0 Å². The second-order valence-electron chi connectivity index (χ2n) is 5.22. The average molecular weight is 227 g/mol. The first-order valence-corrected chi connectivity index (χ1v) is 6.33. The maximum atomic E-state index is 11.2. The zero-order valence-electron chi connectivity index (χ0n) is 11.0. The van der Waals surface area contributed by atoms with Gasteiger partial charge >= 0.3 is 5.97 Å². The molecule has 1 rings (SSSR count). The first-order valence-electron chi connectivity index (χ1n) is 6.33. The zero-order valence-corrected chi connectivity index (χ0v) is 11.0. The Morgan fingerprint density at radius 2 is 2.19 bits per heavy atom. The van der Waals surface area contributed by atoms with Crippen LogP contribution < -0.4 is 0 Å². The van der Waals surface area contributed by atoms with Crippen molar-refractivity contribution in [2.45, 2.75) is 58.0 Å². The topological polar surface area (TPSA) is 29.5 Å². The molecule has 3 nitrogen and oxygen atoms in total. The number of hydrogen-bond acceptors (Lipinski definition) is 3. The Labute approximate surface area is 99.1 Å². The van der Waals surface area contributed by atoms with Crippen molar-refractivity contribution in [1.82, 2.24) is 4.90 Å². The van der Waals surface area contributed by atoms with Crippen LogP contribution in [-0.4, -0.2) is 37.1 Å². The van der Waals surface area contributed by atoms with E-state index in [1.807, 2.05) is 0 Å². The predicted octanol–water partition coefficient (Wildman–Crippen LogP) is 2.45. The summed E-state index contributed by atoms with van der Waals surface area (Å²) in [4.78, 5) is 13.6. The van der Waals surface area contributed by atoms with Gasteiger partial charge in [-0.05, 0) is 32.7 Å². The summed E-state index contributed by atoms with van der Waals surface area (Å²) < 4.78 is 4.71. The van der Waals surface area contributed by atoms with Gasteiger partial charge in [0, 0.05) is 12.1 Å². The van der Waals surface area contributed by atoms with Gasteiger partial charge < -0.3 is 9.64 Å². The van der Waals surface area contributed by atoms with Crippen molar-refractivity contribution in [2.24, 2.45) is 5.92 Å². The molecule has 3 atom stereocenters. The normalized spacial score (nSPS) is 27.8. The molecule has 0 aromatic rings. The summed E-state index contributed by atoms with van der Waals surface area (Å²) in [7, 11) is 3.59. The van der Waals surface area contributed by atoms with Crippen LogP contribution in [0.5, 0.6) is 0 Å². The summed E-state index contributed by atoms with van der Waals surface area (Å²) >= 11 is 0. The van der Waals surface area contributed by atoms with Crippen molar-refractivity contribution in [3.63, 3.8) is 0 Å². The zero-order chi connectivity index (χ0) is 12.1. The minimum atomic E-state index is -0.108. The monoisotopic (exact) mass is 227 g/mol. The van der Waals surface area contributed by atoms with Crippen LogP contribution in [0, 0.1) is 5.92 Å². The largest absolute Gasteiger partial charge is 0.469 e. The summed E-state index contributed by atoms with van der Waals surface area (Å²) in [6, 6.07) is 0.922. The molecule has 3 heteroatoms. The molecule has 0 amide bonds. The Hall–Kier alpha value is -0.570. The van der Waals surface area contributed by atoms with E-state index < -0.39 is 0 Å². The number of methoxy groups -OCH3 is 1. The van der Waals surface area contributed by atoms with E-state index in [4.69, 9.17) is 4.74 Å². The first kappa shape index (κ1) is 13.5. The molecular weight excluding hydrogens is 202 g/mol. The Bertz CT molecular complexity index is 230. The molecule has 1 fully saturated rings. The van der Waals surface area contributed by atoms with Crippen molar-refractivity contribution in [3.05, 3.63) is 0 Å². The van der Waals surface area contributed by atoms with Crippen molar-refractivity contribution in [3.8, 4) is 0 Å². The van der Waals surface area contributed by atoms with Crippen LogP contribution in [-0.2, 0) is 9.53 Å². The van der Waals surface area contributed by atoms with Crippen molar-refractivity contribution < 1.29 is 9.53 Å². The van der Waals surface area contributed by atoms with Gasteiger partial charge in [0.05, 0.1) is 13.5 Å². The maximum Gasteiger partial charge on any atom is 0.307 e. The Morgan fingerprint density at radius 3 is 2.75 bits per heavy atom. The molecule has 0 aromatic heterocycles. The molecule has 0 bridgehead atoms. The molecule has 16 heavy (non-hydrogen) atoms. The van der Waals surface area contributed by atoms with Gasteiger partial charge in [-0.25, -0.2) is 0 Å². The van der Waals surface area contributed by atoms with Crippen molar-refractivity contribution in [1.29, 1.82) is 0 Å². The van der Waals surface area contributed by atoms with Crippen LogP contribution in [0.15, 0.2) is 0 Å². The lowest BCUT2D eigenvalue weighted by atomic mass is 9.86. The van der Waals surface area contributed by atoms with Crippen molar-refractivity contribution >= 4 is 5.97 Å². The van der Waals surface area contributed by atoms with E-state index in [-0.39, 0.29) is 12.0 Å². The quantitative estimate of drug-likeness (QED) is 0.691. The number of esters is 1. The number of rotatable bonds is 4. The number of carbonyl (C=O) groups excluding carboxylic acids is 1. The van der Waals surface area contributed by atoms with E-state index in [2.05, 4.69) is 25.8 Å². The lowest BCUT2D eigenvalue weighted by Crippen LogP contribution is -2.42. The predicted molar refractivity (Wildman–Crippen MR) is 65.3 cm³/mol. The number of ether oxygens (including phenoxy) is 1. The molecule has 0 radical (unpaired) electrons. The second kappa shape index (κ2) is 6.24. The molecule has 1 aliphatic carbocycles. The molecule has 0 spiro atoms. The summed E-state index contributed by atoms with van der Waals surface area (Å²) in [5.41, 5.74) is 0. The molecule has 1 aliphatic rings. The van der Waals surface area contributed by atoms with Gasteiger partial charge in [-0.3, -0.25) is 4.79 Å². The highest BCUT2D eigenvalue weighted by Crippen LogP contribution is 2.28. The number of nitrogens with zero attached hydrogens (tertiary/aromatic N) is 1. The van der Waals surface area contributed by atoms with Crippen LogP contribution in [0.3, 0.4) is 0 Å². The Balaban J connectivity index is 2.42. The molecule has 0 aliphatic heterocycles. The highest BCUT2D eigenvalue weighted by molar-refractivity contribution is 5.69. The van der Waals surface area contributed by atoms with E-state index >= 15 is 0 Å². The standard InChI is InChI=1S/C13H25NO2/c1-10-6-5-7-12(8-10)14(3)11(2)9-13(15)16-4/h10-12H,5-9H2,1-4H3. The molecule has 3 unspecified atom stereocenters. The van der Waals surface area contributed by atoms with E-state index in [1.54, 1.807) is 0 Å². The van der Waals surface area contributed by atoms with Crippen LogP contribution >= 0.6 is 0 Å². The summed E-state index contributed by atoms with van der Waals surface area (Å²) in [6.07, 6.45) is 5.71. The molecular formula is C13H25NO2. The van der Waals surface area contributed by atoms with E-state index in [0.717, 1.165) is 5.92 Å². The summed E-state index contributed by atoms with van der Waals surface area (Å²) in [5.74, 6) is 0.717. The molecule has 0 heterocycles. The minimum absolute atomic E-state index is 0.108. The van der Waals surface area contributed by atoms with Gasteiger partial charge in [-0.15, -0.1) is 0 Å². The molecule has 1 saturated carbocycles. The van der Waals surface area contributed by atoms with Crippen LogP contribution in [0.25, 0.3) is 0 Å². The molecule has 0 saturated heterocycles. The maximum absolute atomic E-state index is 11.2. The highest BCUT2D eigenvalue weighted by atomic mass is 16.5. The van der Waals surface area contributed by atoms with Gasteiger partial charge in [0.15, 0.2) is 0 Å². The average Bonchev–Trinajstić information content (AvgIpc) is 2.27. The SMILES string of the molecule is COC(=O)CC(C)N(C)C1CCCC(C)C1. The van der Waals surface area contributed by atoms with E-state index in [9.17, 15) is 4.79 Å². The van der Waals surface area contributed by atoms with Crippen LogP contribution in [0.2, 0.25) is 0 Å². The Kier molecular flexibility index (Phi) is 5.26. The lowest BCUT2D eigenvalue weighted by Gasteiger charge is -2.37. The van der Waals surface area contributed by atoms with Gasteiger partial charge in [-0.2, -0.15) is 0 Å². The minimum Gasteiger partial charge on any atom is -0.469 e. The van der Waals surface area contributed by atoms with Gasteiger partial charge in [0.1, 0.15) is 0 Å². The van der Waals surface area contributed by atoms with Gasteiger partial charge in [0.2, 0.25) is 0 Å². The van der Waals surface area contributed by atoms with E-state index in [1.165, 1.54) is 32.8 Å². The fraction of sp³-hybridized carbons (Fsp3) is 0.923. The third kappa shape index (κ3) is 3.78. The summed E-state index contributed by atoms with van der Waals surface area (Å²) in [5, 5.41) is 0.